The van der Waals surface area contributed by atoms with Gasteiger partial charge in [-0.15, -0.1) is 11.8 Å². The third-order valence-corrected chi connectivity index (χ3v) is 3.68. The molecule has 1 aliphatic heterocycles. The number of rotatable bonds is 2. The smallest absolute Gasteiger partial charge is 0.0868 e. The van der Waals surface area contributed by atoms with E-state index in [1.54, 1.807) is 7.11 Å². The van der Waals surface area contributed by atoms with Crippen LogP contribution in [-0.2, 0) is 4.74 Å². The summed E-state index contributed by atoms with van der Waals surface area (Å²) in [5.41, 5.74) is -0.0366. The monoisotopic (exact) mass is 175 g/mol. The second kappa shape index (κ2) is 3.78. The summed E-state index contributed by atoms with van der Waals surface area (Å²) in [7, 11) is 1.77. The van der Waals surface area contributed by atoms with E-state index in [0.29, 0.717) is 5.37 Å². The molecule has 0 aliphatic carbocycles. The van der Waals surface area contributed by atoms with Gasteiger partial charge < -0.3 is 10.1 Å². The fourth-order valence-corrected chi connectivity index (χ4v) is 2.40. The molecule has 3 heteroatoms. The van der Waals surface area contributed by atoms with Crippen LogP contribution in [0.25, 0.3) is 0 Å². The Morgan fingerprint density at radius 2 is 2.27 bits per heavy atom. The van der Waals surface area contributed by atoms with Crippen molar-refractivity contribution in [3.8, 4) is 0 Å². The predicted octanol–water partition coefficient (Wildman–Crippen LogP) is 1.46. The van der Waals surface area contributed by atoms with Crippen LogP contribution >= 0.6 is 11.8 Å². The Kier molecular flexibility index (Phi) is 3.22. The third kappa shape index (κ3) is 2.36. The molecule has 1 unspecified atom stereocenters. The molecule has 1 saturated heterocycles. The molecule has 0 aromatic carbocycles. The second-order valence-corrected chi connectivity index (χ2v) is 4.58. The molecule has 0 aromatic rings. The molecule has 1 fully saturated rings. The Morgan fingerprint density at radius 3 is 2.73 bits per heavy atom. The van der Waals surface area contributed by atoms with Crippen LogP contribution < -0.4 is 5.32 Å². The first-order chi connectivity index (χ1) is 5.17. The number of hydrogen-bond acceptors (Lipinski definition) is 3. The lowest BCUT2D eigenvalue weighted by Crippen LogP contribution is -2.48. The molecule has 11 heavy (non-hydrogen) atoms. The summed E-state index contributed by atoms with van der Waals surface area (Å²) < 4.78 is 5.39. The van der Waals surface area contributed by atoms with Crippen LogP contribution in [0.4, 0.5) is 0 Å². The standard InChI is InChI=1S/C8H17NOS/c1-8(2,10-3)7-9-5-4-6-11-7/h7,9H,4-6H2,1-3H3. The maximum atomic E-state index is 5.39. The van der Waals surface area contributed by atoms with Gasteiger partial charge >= 0.3 is 0 Å². The van der Waals surface area contributed by atoms with E-state index in [1.807, 2.05) is 11.8 Å². The van der Waals surface area contributed by atoms with Crippen molar-refractivity contribution in [2.45, 2.75) is 31.2 Å². The van der Waals surface area contributed by atoms with Gasteiger partial charge in [-0.05, 0) is 32.6 Å². The zero-order chi connectivity index (χ0) is 8.32. The molecule has 2 nitrogen and oxygen atoms in total. The van der Waals surface area contributed by atoms with Gasteiger partial charge in [0.25, 0.3) is 0 Å². The number of thioether (sulfide) groups is 1. The first-order valence-corrected chi connectivity index (χ1v) is 5.12. The van der Waals surface area contributed by atoms with Gasteiger partial charge in [0.2, 0.25) is 0 Å². The predicted molar refractivity (Wildman–Crippen MR) is 50.0 cm³/mol. The van der Waals surface area contributed by atoms with Crippen molar-refractivity contribution in [2.24, 2.45) is 0 Å². The van der Waals surface area contributed by atoms with Crippen molar-refractivity contribution < 1.29 is 4.74 Å². The van der Waals surface area contributed by atoms with E-state index in [-0.39, 0.29) is 5.60 Å². The van der Waals surface area contributed by atoms with Crippen molar-refractivity contribution in [1.29, 1.82) is 0 Å². The lowest BCUT2D eigenvalue weighted by molar-refractivity contribution is 0.0132. The van der Waals surface area contributed by atoms with Gasteiger partial charge in [0.15, 0.2) is 0 Å². The molecule has 0 spiro atoms. The van der Waals surface area contributed by atoms with Gasteiger partial charge in [0.05, 0.1) is 11.0 Å². The Hall–Kier alpha value is 0.270. The van der Waals surface area contributed by atoms with E-state index >= 15 is 0 Å². The summed E-state index contributed by atoms with van der Waals surface area (Å²) in [5, 5.41) is 3.91. The van der Waals surface area contributed by atoms with E-state index in [2.05, 4.69) is 19.2 Å². The van der Waals surface area contributed by atoms with E-state index in [1.165, 1.54) is 12.2 Å². The largest absolute Gasteiger partial charge is 0.376 e. The molecule has 1 rings (SSSR count). The average Bonchev–Trinajstić information content (AvgIpc) is 2.06. The molecular weight excluding hydrogens is 158 g/mol. The minimum Gasteiger partial charge on any atom is -0.376 e. The molecule has 1 aliphatic rings. The molecular formula is C8H17NOS. The normalized spacial score (nSPS) is 27.0. The number of hydrogen-bond donors (Lipinski definition) is 1. The molecule has 66 valence electrons. The van der Waals surface area contributed by atoms with Gasteiger partial charge in [-0.25, -0.2) is 0 Å². The van der Waals surface area contributed by atoms with Crippen molar-refractivity contribution >= 4 is 11.8 Å². The van der Waals surface area contributed by atoms with Gasteiger partial charge in [-0.3, -0.25) is 0 Å². The van der Waals surface area contributed by atoms with Gasteiger partial charge in [-0.2, -0.15) is 0 Å². The summed E-state index contributed by atoms with van der Waals surface area (Å²) in [4.78, 5) is 0. The van der Waals surface area contributed by atoms with Crippen LogP contribution in [0.3, 0.4) is 0 Å². The van der Waals surface area contributed by atoms with Gasteiger partial charge in [0, 0.05) is 7.11 Å². The van der Waals surface area contributed by atoms with E-state index in [0.717, 1.165) is 6.54 Å². The Bertz CT molecular complexity index is 121. The second-order valence-electron chi connectivity index (χ2n) is 3.37. The van der Waals surface area contributed by atoms with Crippen LogP contribution in [-0.4, -0.2) is 30.4 Å². The summed E-state index contributed by atoms with van der Waals surface area (Å²) in [6.07, 6.45) is 1.28. The van der Waals surface area contributed by atoms with E-state index < -0.39 is 0 Å². The Morgan fingerprint density at radius 1 is 1.55 bits per heavy atom. The minimum absolute atomic E-state index is 0.0366. The molecule has 1 atom stereocenters. The maximum Gasteiger partial charge on any atom is 0.0868 e. The minimum atomic E-state index is -0.0366. The van der Waals surface area contributed by atoms with Crippen molar-refractivity contribution in [3.05, 3.63) is 0 Å². The molecule has 0 aromatic heterocycles. The van der Waals surface area contributed by atoms with Crippen LogP contribution in [0.5, 0.6) is 0 Å². The lowest BCUT2D eigenvalue weighted by Gasteiger charge is -2.35. The highest BCUT2D eigenvalue weighted by Crippen LogP contribution is 2.26. The fourth-order valence-electron chi connectivity index (χ4n) is 1.12. The lowest BCUT2D eigenvalue weighted by atomic mass is 10.1. The Labute approximate surface area is 73.1 Å². The Balaban J connectivity index is 2.43. The number of methoxy groups -OCH3 is 1. The summed E-state index contributed by atoms with van der Waals surface area (Å²) in [5.74, 6) is 1.25. The SMILES string of the molecule is COC(C)(C)C1NCCCS1. The third-order valence-electron chi connectivity index (χ3n) is 2.09. The molecule has 1 heterocycles. The van der Waals surface area contributed by atoms with Crippen LogP contribution in [0.15, 0.2) is 0 Å². The van der Waals surface area contributed by atoms with Gasteiger partial charge in [0.1, 0.15) is 0 Å². The topological polar surface area (TPSA) is 21.3 Å². The molecule has 0 radical (unpaired) electrons. The van der Waals surface area contributed by atoms with Crippen LogP contribution in [0, 0.1) is 0 Å². The van der Waals surface area contributed by atoms with E-state index in [4.69, 9.17) is 4.74 Å². The van der Waals surface area contributed by atoms with Crippen LogP contribution in [0.1, 0.15) is 20.3 Å². The quantitative estimate of drug-likeness (QED) is 0.686. The molecule has 0 amide bonds. The summed E-state index contributed by atoms with van der Waals surface area (Å²) in [6.45, 7) is 5.39. The molecule has 0 saturated carbocycles. The van der Waals surface area contributed by atoms with Gasteiger partial charge in [-0.1, -0.05) is 0 Å². The first kappa shape index (κ1) is 9.36. The van der Waals surface area contributed by atoms with Crippen molar-refractivity contribution in [1.82, 2.24) is 5.32 Å². The summed E-state index contributed by atoms with van der Waals surface area (Å²) in [6, 6.07) is 0. The maximum absolute atomic E-state index is 5.39. The van der Waals surface area contributed by atoms with Crippen LogP contribution in [0.2, 0.25) is 0 Å². The fraction of sp³-hybridized carbons (Fsp3) is 1.00. The highest BCUT2D eigenvalue weighted by atomic mass is 32.2. The average molecular weight is 175 g/mol. The number of nitrogens with one attached hydrogen (secondary N) is 1. The molecule has 0 bridgehead atoms. The van der Waals surface area contributed by atoms with Crippen molar-refractivity contribution in [2.75, 3.05) is 19.4 Å². The highest BCUT2D eigenvalue weighted by molar-refractivity contribution is 8.00. The summed E-state index contributed by atoms with van der Waals surface area (Å²) >= 11 is 1.96. The van der Waals surface area contributed by atoms with E-state index in [9.17, 15) is 0 Å². The zero-order valence-corrected chi connectivity index (χ0v) is 8.33. The zero-order valence-electron chi connectivity index (χ0n) is 7.52. The highest BCUT2D eigenvalue weighted by Gasteiger charge is 2.30. The molecule has 1 N–H and O–H groups in total. The number of ether oxygens (including phenoxy) is 1. The first-order valence-electron chi connectivity index (χ1n) is 4.07. The van der Waals surface area contributed by atoms with Crippen molar-refractivity contribution in [3.63, 3.8) is 0 Å².